The summed E-state index contributed by atoms with van der Waals surface area (Å²) < 4.78 is 33.8. The molecule has 2 N–H and O–H groups in total. The Morgan fingerprint density at radius 3 is 2.26 bits per heavy atom. The molecule has 3 atom stereocenters. The van der Waals surface area contributed by atoms with Crippen LogP contribution in [0.15, 0.2) is 24.3 Å². The molecule has 1 aliphatic carbocycles. The molecule has 1 fully saturated rings. The molecule has 0 spiro atoms. The number of hydrogen-bond acceptors (Lipinski definition) is 5. The van der Waals surface area contributed by atoms with Crippen LogP contribution < -0.4 is 10.5 Å². The van der Waals surface area contributed by atoms with Gasteiger partial charge in [0.2, 0.25) is 0 Å². The van der Waals surface area contributed by atoms with Crippen LogP contribution in [0.2, 0.25) is 0 Å². The summed E-state index contributed by atoms with van der Waals surface area (Å²) in [5, 5.41) is -0.589. The minimum absolute atomic E-state index is 0.224. The molecule has 5 nitrogen and oxygen atoms in total. The highest BCUT2D eigenvalue weighted by atomic mass is 32.2. The summed E-state index contributed by atoms with van der Waals surface area (Å²) in [5.74, 6) is 0.503. The smallest absolute Gasteiger partial charge is 0.152 e. The van der Waals surface area contributed by atoms with Gasteiger partial charge in [0, 0.05) is 19.3 Å². The van der Waals surface area contributed by atoms with Crippen LogP contribution in [-0.2, 0) is 14.6 Å². The Labute approximate surface area is 113 Å². The number of methoxy groups -OCH3 is 2. The molecule has 0 amide bonds. The highest BCUT2D eigenvalue weighted by molar-refractivity contribution is 7.91. The third kappa shape index (κ3) is 2.48. The van der Waals surface area contributed by atoms with Crippen LogP contribution in [0.25, 0.3) is 0 Å². The first-order valence-corrected chi connectivity index (χ1v) is 7.90. The van der Waals surface area contributed by atoms with Gasteiger partial charge in [-0.1, -0.05) is 12.1 Å². The van der Waals surface area contributed by atoms with Crippen molar-refractivity contribution in [1.82, 2.24) is 0 Å². The van der Waals surface area contributed by atoms with E-state index < -0.39 is 20.6 Å². The van der Waals surface area contributed by atoms with E-state index >= 15 is 0 Å². The number of sulfone groups is 1. The van der Waals surface area contributed by atoms with E-state index in [1.807, 2.05) is 12.1 Å². The van der Waals surface area contributed by atoms with E-state index in [4.69, 9.17) is 15.2 Å². The molecule has 0 heterocycles. The van der Waals surface area contributed by atoms with Crippen molar-refractivity contribution in [2.75, 3.05) is 27.1 Å². The average Bonchev–Trinajstić information content (AvgIpc) is 2.96. The van der Waals surface area contributed by atoms with Gasteiger partial charge >= 0.3 is 0 Å². The van der Waals surface area contributed by atoms with Crippen molar-refractivity contribution in [3.05, 3.63) is 29.8 Å². The third-order valence-corrected chi connectivity index (χ3v) is 5.27. The second-order valence-corrected chi connectivity index (χ2v) is 7.21. The highest BCUT2D eigenvalue weighted by Crippen LogP contribution is 2.54. The van der Waals surface area contributed by atoms with Gasteiger partial charge < -0.3 is 15.2 Å². The van der Waals surface area contributed by atoms with Crippen molar-refractivity contribution in [2.45, 2.75) is 16.7 Å². The predicted octanol–water partition coefficient (Wildman–Crippen LogP) is 0.549. The number of hydrogen-bond donors (Lipinski definition) is 1. The third-order valence-electron chi connectivity index (χ3n) is 3.63. The first-order valence-electron chi connectivity index (χ1n) is 5.95. The standard InChI is InChI=1S/C13H19NO4S/c1-17-8-13(14)11(12(13)19(3,15)16)9-4-6-10(18-2)7-5-9/h4-7,11-12H,8,14H2,1-3H3/t11-,12+,13+/m1/s1. The van der Waals surface area contributed by atoms with Crippen molar-refractivity contribution in [3.63, 3.8) is 0 Å². The molecular weight excluding hydrogens is 266 g/mol. The largest absolute Gasteiger partial charge is 0.497 e. The van der Waals surface area contributed by atoms with Crippen LogP contribution in [0.4, 0.5) is 0 Å². The van der Waals surface area contributed by atoms with Crippen LogP contribution >= 0.6 is 0 Å². The molecule has 19 heavy (non-hydrogen) atoms. The number of benzene rings is 1. The monoisotopic (exact) mass is 285 g/mol. The van der Waals surface area contributed by atoms with E-state index in [0.717, 1.165) is 11.3 Å². The molecule has 0 saturated heterocycles. The SMILES string of the molecule is COC[C@]1(N)[C@H](c2ccc(OC)cc2)[C@@H]1S(C)(=O)=O. The van der Waals surface area contributed by atoms with Crippen LogP contribution in [0, 0.1) is 0 Å². The second kappa shape index (κ2) is 4.77. The summed E-state index contributed by atoms with van der Waals surface area (Å²) in [6.45, 7) is 0.224. The molecular formula is C13H19NO4S. The minimum Gasteiger partial charge on any atom is -0.497 e. The Morgan fingerprint density at radius 2 is 1.84 bits per heavy atom. The molecule has 0 aromatic heterocycles. The van der Waals surface area contributed by atoms with E-state index in [2.05, 4.69) is 0 Å². The van der Waals surface area contributed by atoms with Crippen molar-refractivity contribution in [2.24, 2.45) is 5.73 Å². The van der Waals surface area contributed by atoms with Crippen molar-refractivity contribution in [1.29, 1.82) is 0 Å². The van der Waals surface area contributed by atoms with Crippen molar-refractivity contribution in [3.8, 4) is 5.75 Å². The Bertz CT molecular complexity index is 555. The fraction of sp³-hybridized carbons (Fsp3) is 0.538. The fourth-order valence-electron chi connectivity index (χ4n) is 2.79. The normalized spacial score (nSPS) is 30.1. The summed E-state index contributed by atoms with van der Waals surface area (Å²) in [4.78, 5) is 0. The average molecular weight is 285 g/mol. The van der Waals surface area contributed by atoms with Gasteiger partial charge in [-0.15, -0.1) is 0 Å². The van der Waals surface area contributed by atoms with E-state index in [9.17, 15) is 8.42 Å². The highest BCUT2D eigenvalue weighted by Gasteiger charge is 2.67. The molecule has 1 saturated carbocycles. The van der Waals surface area contributed by atoms with Gasteiger partial charge in [-0.25, -0.2) is 8.42 Å². The lowest BCUT2D eigenvalue weighted by molar-refractivity contribution is 0.171. The Hall–Kier alpha value is -1.11. The number of ether oxygens (including phenoxy) is 2. The van der Waals surface area contributed by atoms with Crippen LogP contribution in [-0.4, -0.2) is 46.3 Å². The van der Waals surface area contributed by atoms with E-state index in [0.29, 0.717) is 0 Å². The summed E-state index contributed by atoms with van der Waals surface area (Å²) in [7, 11) is -0.0967. The fourth-order valence-corrected chi connectivity index (χ4v) is 4.63. The molecule has 2 rings (SSSR count). The minimum atomic E-state index is -3.21. The van der Waals surface area contributed by atoms with Gasteiger partial charge in [-0.05, 0) is 17.7 Å². The van der Waals surface area contributed by atoms with Gasteiger partial charge in [-0.3, -0.25) is 0 Å². The molecule has 1 aliphatic rings. The topological polar surface area (TPSA) is 78.6 Å². The van der Waals surface area contributed by atoms with Crippen LogP contribution in [0.3, 0.4) is 0 Å². The summed E-state index contributed by atoms with van der Waals surface area (Å²) in [6.07, 6.45) is 1.22. The lowest BCUT2D eigenvalue weighted by atomic mass is 10.1. The zero-order chi connectivity index (χ0) is 14.3. The Balaban J connectivity index is 2.32. The summed E-state index contributed by atoms with van der Waals surface area (Å²) >= 11 is 0. The lowest BCUT2D eigenvalue weighted by Crippen LogP contribution is -2.35. The van der Waals surface area contributed by atoms with Gasteiger partial charge in [-0.2, -0.15) is 0 Å². The molecule has 1 aromatic rings. The quantitative estimate of drug-likeness (QED) is 0.854. The molecule has 0 bridgehead atoms. The van der Waals surface area contributed by atoms with Crippen molar-refractivity contribution >= 4 is 9.84 Å². The molecule has 0 unspecified atom stereocenters. The Morgan fingerprint density at radius 1 is 1.26 bits per heavy atom. The summed E-state index contributed by atoms with van der Waals surface area (Å²) in [6, 6.07) is 7.32. The van der Waals surface area contributed by atoms with Crippen LogP contribution in [0.1, 0.15) is 11.5 Å². The van der Waals surface area contributed by atoms with Crippen LogP contribution in [0.5, 0.6) is 5.75 Å². The van der Waals surface area contributed by atoms with Gasteiger partial charge in [0.1, 0.15) is 5.75 Å². The van der Waals surface area contributed by atoms with Crippen molar-refractivity contribution < 1.29 is 17.9 Å². The first-order chi connectivity index (χ1) is 8.84. The lowest BCUT2D eigenvalue weighted by Gasteiger charge is -2.10. The summed E-state index contributed by atoms with van der Waals surface area (Å²) in [5.41, 5.74) is 6.26. The number of rotatable bonds is 5. The first kappa shape index (κ1) is 14.3. The molecule has 1 aromatic carbocycles. The van der Waals surface area contributed by atoms with E-state index in [1.54, 1.807) is 19.2 Å². The maximum atomic E-state index is 11.8. The molecule has 6 heteroatoms. The number of nitrogens with two attached hydrogens (primary N) is 1. The second-order valence-electron chi connectivity index (χ2n) is 5.05. The van der Waals surface area contributed by atoms with E-state index in [-0.39, 0.29) is 12.5 Å². The van der Waals surface area contributed by atoms with Gasteiger partial charge in [0.15, 0.2) is 9.84 Å². The van der Waals surface area contributed by atoms with E-state index in [1.165, 1.54) is 13.4 Å². The zero-order valence-electron chi connectivity index (χ0n) is 11.3. The Kier molecular flexibility index (Phi) is 3.59. The van der Waals surface area contributed by atoms with Gasteiger partial charge in [0.25, 0.3) is 0 Å². The molecule has 106 valence electrons. The molecule has 0 radical (unpaired) electrons. The zero-order valence-corrected chi connectivity index (χ0v) is 12.1. The predicted molar refractivity (Wildman–Crippen MR) is 73.2 cm³/mol. The maximum Gasteiger partial charge on any atom is 0.152 e. The van der Waals surface area contributed by atoms with Gasteiger partial charge in [0.05, 0.1) is 24.5 Å². The molecule has 0 aliphatic heterocycles. The maximum absolute atomic E-state index is 11.8.